The molecule has 0 aliphatic rings. The van der Waals surface area contributed by atoms with Crippen molar-refractivity contribution >= 4 is 49.8 Å². The minimum Gasteiger partial charge on any atom is -0.497 e. The van der Waals surface area contributed by atoms with E-state index in [1.54, 1.807) is 16.7 Å². The first-order valence-electron chi connectivity index (χ1n) is 14.3. The molecule has 2 heterocycles. The standard InChI is InChI=1S/C35H30N5O3PS/c1-3-4-14-24-40-34-32(38-35(40)45(41,42)31-23-15-16-27(25-31)43-2)33(36-26-37-34)39-44(28-17-8-5-9-18-28,29-19-10-6-11-20-29)30-21-12-7-13-22-30/h1,5-13,15-23,25-26H,4,14,24H2,2H3. The molecule has 6 aromatic rings. The maximum absolute atomic E-state index is 14.1. The first-order valence-corrected chi connectivity index (χ1v) is 17.5. The molecule has 0 atom stereocenters. The van der Waals surface area contributed by atoms with Crippen LogP contribution in [0.5, 0.6) is 5.75 Å². The van der Waals surface area contributed by atoms with Crippen LogP contribution in [-0.4, -0.2) is 35.0 Å². The number of methoxy groups -OCH3 is 1. The summed E-state index contributed by atoms with van der Waals surface area (Å²) in [5, 5.41) is 2.91. The predicted octanol–water partition coefficient (Wildman–Crippen LogP) is 5.89. The Morgan fingerprint density at radius 3 is 2.00 bits per heavy atom. The minimum absolute atomic E-state index is 0.0570. The molecule has 0 saturated heterocycles. The van der Waals surface area contributed by atoms with Crippen molar-refractivity contribution in [1.82, 2.24) is 19.5 Å². The lowest BCUT2D eigenvalue weighted by molar-refractivity contribution is 0.413. The Morgan fingerprint density at radius 1 is 0.844 bits per heavy atom. The van der Waals surface area contributed by atoms with Gasteiger partial charge in [0.05, 0.1) is 19.1 Å². The van der Waals surface area contributed by atoms with E-state index in [0.717, 1.165) is 15.9 Å². The summed E-state index contributed by atoms with van der Waals surface area (Å²) < 4.78 is 40.7. The molecule has 0 aliphatic carbocycles. The molecule has 10 heteroatoms. The lowest BCUT2D eigenvalue weighted by Gasteiger charge is -2.26. The molecular weight excluding hydrogens is 601 g/mol. The molecule has 0 N–H and O–H groups in total. The number of rotatable bonds is 10. The third-order valence-electron chi connectivity index (χ3n) is 7.41. The fourth-order valence-corrected chi connectivity index (χ4v) is 10.2. The Hall–Kier alpha value is -5.03. The highest BCUT2D eigenvalue weighted by molar-refractivity contribution is 7.91. The topological polar surface area (TPSA) is 99.3 Å². The zero-order valence-electron chi connectivity index (χ0n) is 24.6. The largest absolute Gasteiger partial charge is 0.497 e. The number of fused-ring (bicyclic) bond motifs is 1. The van der Waals surface area contributed by atoms with E-state index in [4.69, 9.17) is 20.9 Å². The van der Waals surface area contributed by atoms with Crippen LogP contribution < -0.4 is 20.7 Å². The van der Waals surface area contributed by atoms with Crippen LogP contribution in [0.15, 0.2) is 136 Å². The van der Waals surface area contributed by atoms with E-state index in [1.807, 2.05) is 54.6 Å². The Bertz CT molecular complexity index is 2060. The quantitative estimate of drug-likeness (QED) is 0.106. The third kappa shape index (κ3) is 5.66. The molecule has 224 valence electrons. The molecule has 4 aromatic carbocycles. The highest BCUT2D eigenvalue weighted by atomic mass is 32.2. The molecule has 0 saturated carbocycles. The van der Waals surface area contributed by atoms with Gasteiger partial charge in [0, 0.05) is 28.9 Å². The Labute approximate surface area is 262 Å². The number of aromatic nitrogens is 4. The van der Waals surface area contributed by atoms with E-state index in [-0.39, 0.29) is 10.1 Å². The van der Waals surface area contributed by atoms with Gasteiger partial charge in [-0.1, -0.05) is 97.1 Å². The zero-order chi connectivity index (χ0) is 31.3. The lowest BCUT2D eigenvalue weighted by atomic mass is 10.3. The maximum Gasteiger partial charge on any atom is 0.240 e. The minimum atomic E-state index is -4.10. The van der Waals surface area contributed by atoms with Crippen LogP contribution >= 0.6 is 7.05 Å². The van der Waals surface area contributed by atoms with Crippen LogP contribution in [0.3, 0.4) is 0 Å². The molecule has 0 aliphatic heterocycles. The summed E-state index contributed by atoms with van der Waals surface area (Å²) in [7, 11) is -5.33. The van der Waals surface area contributed by atoms with Gasteiger partial charge in [0.1, 0.15) is 12.1 Å². The smallest absolute Gasteiger partial charge is 0.240 e. The van der Waals surface area contributed by atoms with Crippen LogP contribution in [0.1, 0.15) is 12.8 Å². The fraction of sp³-hybridized carbons (Fsp3) is 0.114. The summed E-state index contributed by atoms with van der Waals surface area (Å²) in [5.41, 5.74) is 0.668. The van der Waals surface area contributed by atoms with Crippen molar-refractivity contribution in [3.05, 3.63) is 122 Å². The molecular formula is C35H30N5O3PS. The number of hydrogen-bond donors (Lipinski definition) is 0. The van der Waals surface area contributed by atoms with Gasteiger partial charge in [0.15, 0.2) is 17.0 Å². The van der Waals surface area contributed by atoms with Gasteiger partial charge in [-0.05, 0) is 24.6 Å². The monoisotopic (exact) mass is 631 g/mol. The summed E-state index contributed by atoms with van der Waals surface area (Å²) >= 11 is 0. The van der Waals surface area contributed by atoms with Gasteiger partial charge in [0.2, 0.25) is 15.0 Å². The van der Waals surface area contributed by atoms with E-state index in [2.05, 4.69) is 52.3 Å². The van der Waals surface area contributed by atoms with Crippen molar-refractivity contribution < 1.29 is 13.2 Å². The summed E-state index contributed by atoms with van der Waals surface area (Å²) in [4.78, 5) is 14.0. The predicted molar refractivity (Wildman–Crippen MR) is 179 cm³/mol. The highest BCUT2D eigenvalue weighted by Gasteiger charge is 2.31. The van der Waals surface area contributed by atoms with Crippen LogP contribution in [0, 0.1) is 12.3 Å². The van der Waals surface area contributed by atoms with Crippen molar-refractivity contribution in [1.29, 1.82) is 0 Å². The van der Waals surface area contributed by atoms with E-state index >= 15 is 0 Å². The van der Waals surface area contributed by atoms with Crippen molar-refractivity contribution in [2.24, 2.45) is 4.74 Å². The van der Waals surface area contributed by atoms with Gasteiger partial charge in [-0.3, -0.25) is 4.57 Å². The average Bonchev–Trinajstić information content (AvgIpc) is 3.48. The van der Waals surface area contributed by atoms with Gasteiger partial charge in [-0.2, -0.15) is 0 Å². The third-order valence-corrected chi connectivity index (χ3v) is 12.7. The Balaban J connectivity index is 1.69. The van der Waals surface area contributed by atoms with E-state index in [1.165, 1.54) is 25.6 Å². The summed E-state index contributed by atoms with van der Waals surface area (Å²) in [6.45, 7) is 0.298. The second kappa shape index (κ2) is 12.9. The lowest BCUT2D eigenvalue weighted by Crippen LogP contribution is -2.25. The zero-order valence-corrected chi connectivity index (χ0v) is 26.3. The van der Waals surface area contributed by atoms with E-state index in [0.29, 0.717) is 42.1 Å². The molecule has 45 heavy (non-hydrogen) atoms. The molecule has 0 radical (unpaired) electrons. The maximum atomic E-state index is 14.1. The van der Waals surface area contributed by atoms with Crippen molar-refractivity contribution in [3.63, 3.8) is 0 Å². The van der Waals surface area contributed by atoms with Gasteiger partial charge < -0.3 is 4.74 Å². The van der Waals surface area contributed by atoms with Gasteiger partial charge in [0.25, 0.3) is 0 Å². The number of ether oxygens (including phenoxy) is 1. The second-order valence-corrected chi connectivity index (χ2v) is 15.0. The molecule has 0 unspecified atom stereocenters. The molecule has 0 bridgehead atoms. The van der Waals surface area contributed by atoms with E-state index in [9.17, 15) is 8.42 Å². The van der Waals surface area contributed by atoms with Crippen molar-refractivity contribution in [2.75, 3.05) is 7.11 Å². The van der Waals surface area contributed by atoms with Gasteiger partial charge in [-0.15, -0.1) is 12.3 Å². The van der Waals surface area contributed by atoms with Gasteiger partial charge in [-0.25, -0.2) is 28.1 Å². The van der Waals surface area contributed by atoms with Crippen LogP contribution in [0.4, 0.5) is 5.82 Å². The first-order chi connectivity index (χ1) is 22.0. The fourth-order valence-electron chi connectivity index (χ4n) is 5.29. The van der Waals surface area contributed by atoms with Crippen molar-refractivity contribution in [2.45, 2.75) is 29.4 Å². The molecule has 8 nitrogen and oxygen atoms in total. The number of aryl methyl sites for hydroxylation is 1. The number of sulfone groups is 1. The van der Waals surface area contributed by atoms with Crippen LogP contribution in [0.2, 0.25) is 0 Å². The first kappa shape index (κ1) is 30.0. The SMILES string of the molecule is C#CCCCn1c(S(=O)(=O)c2cccc(OC)c2)nc2c(N=P(c3ccccc3)(c3ccccc3)c3ccccc3)ncnc21. The molecule has 0 amide bonds. The Morgan fingerprint density at radius 2 is 1.44 bits per heavy atom. The highest BCUT2D eigenvalue weighted by Crippen LogP contribution is 2.49. The van der Waals surface area contributed by atoms with Crippen LogP contribution in [-0.2, 0) is 16.4 Å². The molecule has 6 rings (SSSR count). The summed E-state index contributed by atoms with van der Waals surface area (Å²) in [5.74, 6) is 3.36. The van der Waals surface area contributed by atoms with Crippen LogP contribution in [0.25, 0.3) is 11.2 Å². The number of hydrogen-bond acceptors (Lipinski definition) is 7. The molecule has 0 fully saturated rings. The number of nitrogens with zero attached hydrogens (tertiary/aromatic N) is 5. The van der Waals surface area contributed by atoms with Gasteiger partial charge >= 0.3 is 0 Å². The van der Waals surface area contributed by atoms with E-state index < -0.39 is 16.9 Å². The number of benzene rings is 4. The number of imidazole rings is 1. The normalized spacial score (nSPS) is 11.6. The molecule has 2 aromatic heterocycles. The molecule has 0 spiro atoms. The average molecular weight is 632 g/mol. The number of terminal acetylenes is 1. The Kier molecular flexibility index (Phi) is 8.61. The summed E-state index contributed by atoms with van der Waals surface area (Å²) in [6.07, 6.45) is 7.96. The summed E-state index contributed by atoms with van der Waals surface area (Å²) in [6, 6.07) is 36.7. The second-order valence-electron chi connectivity index (χ2n) is 10.1. The number of unbranched alkanes of at least 4 members (excludes halogenated alkanes) is 1. The van der Waals surface area contributed by atoms with Crippen molar-refractivity contribution in [3.8, 4) is 18.1 Å².